The Labute approximate surface area is 191 Å². The quantitative estimate of drug-likeness (QED) is 0.498. The first-order chi connectivity index (χ1) is 15.8. The highest BCUT2D eigenvalue weighted by Gasteiger charge is 2.27. The molecule has 1 aliphatic heterocycles. The summed E-state index contributed by atoms with van der Waals surface area (Å²) in [7, 11) is -1.99. The van der Waals surface area contributed by atoms with E-state index in [0.717, 1.165) is 24.1 Å². The van der Waals surface area contributed by atoms with Crippen LogP contribution in [0.25, 0.3) is 11.1 Å². The average molecular weight is 460 g/mol. The molecule has 2 aliphatic rings. The first kappa shape index (κ1) is 21.1. The highest BCUT2D eigenvalue weighted by Crippen LogP contribution is 2.36. The number of hydrogen-bond acceptors (Lipinski definition) is 4. The molecule has 0 aromatic heterocycles. The zero-order valence-electron chi connectivity index (χ0n) is 17.9. The maximum Gasteiger partial charge on any atom is 0.283 e. The van der Waals surface area contributed by atoms with Crippen LogP contribution < -0.4 is 5.32 Å². The van der Waals surface area contributed by atoms with E-state index in [2.05, 4.69) is 9.71 Å². The van der Waals surface area contributed by atoms with Gasteiger partial charge in [-0.15, -0.1) is 4.40 Å². The summed E-state index contributed by atoms with van der Waals surface area (Å²) in [6.07, 6.45) is 1.52. The van der Waals surface area contributed by atoms with Gasteiger partial charge in [0.05, 0.1) is 4.90 Å². The second-order valence-electron chi connectivity index (χ2n) is 8.12. The van der Waals surface area contributed by atoms with Gasteiger partial charge in [0.15, 0.2) is 5.78 Å². The van der Waals surface area contributed by atoms with Crippen LogP contribution >= 0.6 is 0 Å². The Balaban J connectivity index is 1.34. The van der Waals surface area contributed by atoms with E-state index in [4.69, 9.17) is 0 Å². The van der Waals surface area contributed by atoms with Crippen LogP contribution in [0.5, 0.6) is 0 Å². The third-order valence-corrected chi connectivity index (χ3v) is 7.28. The van der Waals surface area contributed by atoms with Crippen molar-refractivity contribution in [2.45, 2.75) is 17.7 Å². The van der Waals surface area contributed by atoms with Crippen LogP contribution in [-0.2, 0) is 10.0 Å². The molecular formula is C25H21N3O4S. The Hall–Kier alpha value is -3.78. The maximum absolute atomic E-state index is 12.8. The van der Waals surface area contributed by atoms with E-state index in [0.29, 0.717) is 34.6 Å². The fraction of sp³-hybridized carbons (Fsp3) is 0.160. The first-order valence-corrected chi connectivity index (χ1v) is 12.0. The lowest BCUT2D eigenvalue weighted by Gasteiger charge is -2.11. The Morgan fingerprint density at radius 2 is 1.64 bits per heavy atom. The molecule has 166 valence electrons. The van der Waals surface area contributed by atoms with E-state index in [-0.39, 0.29) is 16.6 Å². The van der Waals surface area contributed by atoms with E-state index >= 15 is 0 Å². The van der Waals surface area contributed by atoms with Gasteiger partial charge in [-0.25, -0.2) is 0 Å². The number of benzene rings is 3. The largest absolute Gasteiger partial charge is 0.362 e. The second kappa shape index (κ2) is 7.97. The van der Waals surface area contributed by atoms with Gasteiger partial charge in [-0.05, 0) is 53.9 Å². The van der Waals surface area contributed by atoms with Gasteiger partial charge in [0.2, 0.25) is 0 Å². The van der Waals surface area contributed by atoms with Crippen molar-refractivity contribution < 1.29 is 18.0 Å². The van der Waals surface area contributed by atoms with Gasteiger partial charge in [0.25, 0.3) is 15.9 Å². The van der Waals surface area contributed by atoms with Gasteiger partial charge < -0.3 is 10.2 Å². The number of rotatable bonds is 4. The number of amides is 1. The van der Waals surface area contributed by atoms with Crippen LogP contribution in [0.15, 0.2) is 76.0 Å². The van der Waals surface area contributed by atoms with Crippen LogP contribution in [0.3, 0.4) is 0 Å². The molecule has 1 saturated heterocycles. The van der Waals surface area contributed by atoms with Gasteiger partial charge in [0, 0.05) is 42.4 Å². The monoisotopic (exact) mass is 459 g/mol. The molecular weight excluding hydrogens is 438 g/mol. The summed E-state index contributed by atoms with van der Waals surface area (Å²) >= 11 is 0. The van der Waals surface area contributed by atoms with Crippen LogP contribution in [0.2, 0.25) is 0 Å². The van der Waals surface area contributed by atoms with Crippen molar-refractivity contribution >= 4 is 33.2 Å². The molecule has 33 heavy (non-hydrogen) atoms. The standard InChI is InChI=1S/C25H21N3O4S/c1-28-14-4-7-23(28)27-33(31,32)18-11-9-17(10-12-18)26-25(30)16-8-13-20-19-5-2-3-6-21(19)24(29)22(20)15-16/h2-3,5-6,8-13,15H,4,7,14H2,1H3,(H,26,30)/b27-23+. The highest BCUT2D eigenvalue weighted by atomic mass is 32.2. The summed E-state index contributed by atoms with van der Waals surface area (Å²) in [5.74, 6) is 0.0741. The Morgan fingerprint density at radius 1 is 0.939 bits per heavy atom. The van der Waals surface area contributed by atoms with Crippen molar-refractivity contribution in [2.75, 3.05) is 18.9 Å². The third kappa shape index (κ3) is 3.82. The first-order valence-electron chi connectivity index (χ1n) is 10.6. The van der Waals surface area contributed by atoms with Gasteiger partial charge >= 0.3 is 0 Å². The number of fused-ring (bicyclic) bond motifs is 3. The van der Waals surface area contributed by atoms with Crippen molar-refractivity contribution in [1.29, 1.82) is 0 Å². The molecule has 3 aromatic carbocycles. The number of amidine groups is 1. The second-order valence-corrected chi connectivity index (χ2v) is 9.73. The number of hydrogen-bond donors (Lipinski definition) is 1. The van der Waals surface area contributed by atoms with Crippen molar-refractivity contribution in [1.82, 2.24) is 4.90 Å². The zero-order valence-corrected chi connectivity index (χ0v) is 18.7. The van der Waals surface area contributed by atoms with E-state index < -0.39 is 10.0 Å². The molecule has 0 atom stereocenters. The van der Waals surface area contributed by atoms with E-state index in [9.17, 15) is 18.0 Å². The molecule has 1 amide bonds. The van der Waals surface area contributed by atoms with Gasteiger partial charge in [-0.2, -0.15) is 8.42 Å². The molecule has 3 aromatic rings. The molecule has 1 aliphatic carbocycles. The summed E-state index contributed by atoms with van der Waals surface area (Å²) in [5.41, 5.74) is 3.61. The predicted molar refractivity (Wildman–Crippen MR) is 126 cm³/mol. The Morgan fingerprint density at radius 3 is 2.33 bits per heavy atom. The number of carbonyl (C=O) groups excluding carboxylic acids is 2. The highest BCUT2D eigenvalue weighted by molar-refractivity contribution is 7.90. The smallest absolute Gasteiger partial charge is 0.283 e. The Kier molecular flexibility index (Phi) is 5.09. The molecule has 1 fully saturated rings. The third-order valence-electron chi connectivity index (χ3n) is 5.96. The molecule has 1 N–H and O–H groups in total. The lowest BCUT2D eigenvalue weighted by molar-refractivity contribution is 0.102. The number of sulfonamides is 1. The van der Waals surface area contributed by atoms with E-state index in [1.807, 2.05) is 30.1 Å². The fourth-order valence-electron chi connectivity index (χ4n) is 4.18. The molecule has 0 unspecified atom stereocenters. The number of nitrogens with one attached hydrogen (secondary N) is 1. The molecule has 0 radical (unpaired) electrons. The number of nitrogens with zero attached hydrogens (tertiary/aromatic N) is 2. The van der Waals surface area contributed by atoms with Crippen LogP contribution in [0.1, 0.15) is 39.1 Å². The SMILES string of the molecule is CN1CCC/C1=N\S(=O)(=O)c1ccc(NC(=O)c2ccc3c(c2)C(=O)c2ccccc2-3)cc1. The molecule has 5 rings (SSSR count). The lowest BCUT2D eigenvalue weighted by atomic mass is 10.0. The van der Waals surface area contributed by atoms with Crippen molar-refractivity contribution in [3.05, 3.63) is 83.4 Å². The van der Waals surface area contributed by atoms with Crippen LogP contribution in [0.4, 0.5) is 5.69 Å². The predicted octanol–water partition coefficient (Wildman–Crippen LogP) is 3.96. The summed E-state index contributed by atoms with van der Waals surface area (Å²) in [4.78, 5) is 27.4. The lowest BCUT2D eigenvalue weighted by Crippen LogP contribution is -2.20. The summed E-state index contributed by atoms with van der Waals surface area (Å²) in [5, 5.41) is 2.76. The normalized spacial score (nSPS) is 16.1. The number of anilines is 1. The average Bonchev–Trinajstić information content (AvgIpc) is 3.34. The van der Waals surface area contributed by atoms with E-state index in [1.54, 1.807) is 24.3 Å². The van der Waals surface area contributed by atoms with Gasteiger partial charge in [-0.1, -0.05) is 30.3 Å². The zero-order chi connectivity index (χ0) is 23.2. The number of likely N-dealkylation sites (tertiary alicyclic amines) is 1. The van der Waals surface area contributed by atoms with Crippen molar-refractivity contribution in [3.63, 3.8) is 0 Å². The van der Waals surface area contributed by atoms with Crippen molar-refractivity contribution in [3.8, 4) is 11.1 Å². The fourth-order valence-corrected chi connectivity index (χ4v) is 5.28. The maximum atomic E-state index is 12.8. The van der Waals surface area contributed by atoms with Gasteiger partial charge in [0.1, 0.15) is 5.84 Å². The minimum absolute atomic E-state index is 0.0641. The Bertz CT molecular complexity index is 1430. The molecule has 7 nitrogen and oxygen atoms in total. The topological polar surface area (TPSA) is 95.9 Å². The molecule has 1 heterocycles. The number of ketones is 1. The van der Waals surface area contributed by atoms with Crippen LogP contribution in [0, 0.1) is 0 Å². The van der Waals surface area contributed by atoms with E-state index in [1.165, 1.54) is 24.3 Å². The minimum Gasteiger partial charge on any atom is -0.362 e. The summed E-state index contributed by atoms with van der Waals surface area (Å²) in [6, 6.07) is 18.3. The number of carbonyl (C=O) groups is 2. The molecule has 0 spiro atoms. The van der Waals surface area contributed by atoms with Crippen LogP contribution in [-0.4, -0.2) is 44.4 Å². The molecule has 0 bridgehead atoms. The van der Waals surface area contributed by atoms with Gasteiger partial charge in [-0.3, -0.25) is 9.59 Å². The van der Waals surface area contributed by atoms with Crippen molar-refractivity contribution in [2.24, 2.45) is 4.40 Å². The minimum atomic E-state index is -3.82. The molecule has 8 heteroatoms. The molecule has 0 saturated carbocycles. The summed E-state index contributed by atoms with van der Waals surface area (Å²) in [6.45, 7) is 0.791. The summed E-state index contributed by atoms with van der Waals surface area (Å²) < 4.78 is 29.1.